The molecule has 0 fully saturated rings. The van der Waals surface area contributed by atoms with Gasteiger partial charge in [-0.1, -0.05) is 12.1 Å². The van der Waals surface area contributed by atoms with Gasteiger partial charge in [-0.3, -0.25) is 0 Å². The van der Waals surface area contributed by atoms with Gasteiger partial charge in [-0.15, -0.1) is 0 Å². The Morgan fingerprint density at radius 2 is 2.16 bits per heavy atom. The van der Waals surface area contributed by atoms with E-state index in [0.29, 0.717) is 5.52 Å². The van der Waals surface area contributed by atoms with Gasteiger partial charge in [0.05, 0.1) is 17.6 Å². The van der Waals surface area contributed by atoms with Crippen molar-refractivity contribution in [3.8, 4) is 0 Å². The Morgan fingerprint density at radius 3 is 2.79 bits per heavy atom. The number of carbonyl (C=O) groups is 1. The van der Waals surface area contributed by atoms with Gasteiger partial charge >= 0.3 is 11.2 Å². The number of fused-ring (bicyclic) bond motifs is 1. The summed E-state index contributed by atoms with van der Waals surface area (Å²) in [5, 5.41) is -3.58. The molecular formula is C12H12F2N2O2S. The van der Waals surface area contributed by atoms with E-state index in [1.807, 2.05) is 0 Å². The van der Waals surface area contributed by atoms with E-state index >= 15 is 0 Å². The van der Waals surface area contributed by atoms with Crippen molar-refractivity contribution < 1.29 is 18.3 Å². The van der Waals surface area contributed by atoms with E-state index in [9.17, 15) is 13.6 Å². The highest BCUT2D eigenvalue weighted by molar-refractivity contribution is 8.00. The molecule has 19 heavy (non-hydrogen) atoms. The second-order valence-corrected chi connectivity index (χ2v) is 4.86. The summed E-state index contributed by atoms with van der Waals surface area (Å²) in [7, 11) is 1.62. The van der Waals surface area contributed by atoms with Crippen LogP contribution in [-0.4, -0.2) is 27.4 Å². The van der Waals surface area contributed by atoms with Crippen LogP contribution >= 0.6 is 11.8 Å². The van der Waals surface area contributed by atoms with E-state index < -0.39 is 11.2 Å². The van der Waals surface area contributed by atoms with E-state index in [0.717, 1.165) is 5.52 Å². The zero-order valence-corrected chi connectivity index (χ0v) is 11.2. The van der Waals surface area contributed by atoms with Crippen molar-refractivity contribution in [1.29, 1.82) is 0 Å². The van der Waals surface area contributed by atoms with Crippen LogP contribution in [0.15, 0.2) is 29.4 Å². The molecule has 7 heteroatoms. The van der Waals surface area contributed by atoms with E-state index in [2.05, 4.69) is 9.72 Å². The second-order valence-electron chi connectivity index (χ2n) is 3.78. The SMILES string of the molecule is CCOC(=O)C(F)(F)Sc1nc2ccccc2n1C. The number of hydrogen-bond donors (Lipinski definition) is 0. The normalized spacial score (nSPS) is 11.8. The van der Waals surface area contributed by atoms with Crippen molar-refractivity contribution in [3.05, 3.63) is 24.3 Å². The minimum Gasteiger partial charge on any atom is -0.461 e. The molecule has 0 saturated heterocycles. The molecule has 0 atom stereocenters. The number of aromatic nitrogens is 2. The number of imidazole rings is 1. The van der Waals surface area contributed by atoms with Crippen LogP contribution in [0.1, 0.15) is 6.92 Å². The zero-order valence-electron chi connectivity index (χ0n) is 10.4. The van der Waals surface area contributed by atoms with Crippen LogP contribution in [0.5, 0.6) is 0 Å². The molecule has 0 aliphatic rings. The lowest BCUT2D eigenvalue weighted by molar-refractivity contribution is -0.159. The van der Waals surface area contributed by atoms with Gasteiger partial charge in [-0.05, 0) is 30.8 Å². The topological polar surface area (TPSA) is 44.1 Å². The summed E-state index contributed by atoms with van der Waals surface area (Å²) in [4.78, 5) is 15.2. The van der Waals surface area contributed by atoms with Crippen LogP contribution < -0.4 is 0 Å². The van der Waals surface area contributed by atoms with Gasteiger partial charge in [-0.25, -0.2) is 9.78 Å². The highest BCUT2D eigenvalue weighted by atomic mass is 32.2. The maximum absolute atomic E-state index is 13.6. The van der Waals surface area contributed by atoms with Gasteiger partial charge in [0.1, 0.15) is 0 Å². The first-order valence-corrected chi connectivity index (χ1v) is 6.43. The Labute approximate surface area is 112 Å². The number of benzene rings is 1. The molecule has 0 bridgehead atoms. The summed E-state index contributed by atoms with van der Waals surface area (Å²) in [5.41, 5.74) is 1.33. The fraction of sp³-hybridized carbons (Fsp3) is 0.333. The first kappa shape index (κ1) is 13.8. The molecule has 2 aromatic rings. The number of thioether (sulfide) groups is 1. The summed E-state index contributed by atoms with van der Waals surface area (Å²) < 4.78 is 33.1. The number of hydrogen-bond acceptors (Lipinski definition) is 4. The average molecular weight is 286 g/mol. The Balaban J connectivity index is 2.30. The number of ether oxygens (including phenoxy) is 1. The van der Waals surface area contributed by atoms with Crippen LogP contribution in [0.2, 0.25) is 0 Å². The molecule has 1 aromatic heterocycles. The van der Waals surface area contributed by atoms with E-state index in [-0.39, 0.29) is 23.5 Å². The van der Waals surface area contributed by atoms with Gasteiger partial charge in [0.25, 0.3) is 0 Å². The minimum absolute atomic E-state index is 0.0688. The number of esters is 1. The van der Waals surface area contributed by atoms with Crippen LogP contribution in [-0.2, 0) is 16.6 Å². The Kier molecular flexibility index (Phi) is 3.75. The smallest absolute Gasteiger partial charge is 0.395 e. The molecule has 0 aliphatic heterocycles. The van der Waals surface area contributed by atoms with Gasteiger partial charge in [-0.2, -0.15) is 8.78 Å². The fourth-order valence-electron chi connectivity index (χ4n) is 1.59. The third-order valence-corrected chi connectivity index (χ3v) is 3.45. The predicted octanol–water partition coefficient (Wildman–Crippen LogP) is 2.82. The largest absolute Gasteiger partial charge is 0.461 e. The van der Waals surface area contributed by atoms with Gasteiger partial charge < -0.3 is 9.30 Å². The molecule has 0 aliphatic carbocycles. The average Bonchev–Trinajstić information content (AvgIpc) is 2.67. The Morgan fingerprint density at radius 1 is 1.47 bits per heavy atom. The third-order valence-electron chi connectivity index (χ3n) is 2.48. The Hall–Kier alpha value is -1.63. The molecule has 4 nitrogen and oxygen atoms in total. The number of alkyl halides is 2. The molecule has 0 N–H and O–H groups in total. The van der Waals surface area contributed by atoms with Crippen LogP contribution in [0, 0.1) is 0 Å². The number of nitrogens with zero attached hydrogens (tertiary/aromatic N) is 2. The van der Waals surface area contributed by atoms with Gasteiger partial charge in [0, 0.05) is 7.05 Å². The molecular weight excluding hydrogens is 274 g/mol. The van der Waals surface area contributed by atoms with Gasteiger partial charge in [0.15, 0.2) is 5.16 Å². The zero-order chi connectivity index (χ0) is 14.0. The number of aryl methyl sites for hydroxylation is 1. The maximum atomic E-state index is 13.6. The second kappa shape index (κ2) is 5.16. The first-order chi connectivity index (χ1) is 8.95. The molecule has 2 rings (SSSR count). The van der Waals surface area contributed by atoms with Crippen LogP contribution in [0.25, 0.3) is 11.0 Å². The van der Waals surface area contributed by atoms with Crippen molar-refractivity contribution in [3.63, 3.8) is 0 Å². The predicted molar refractivity (Wildman–Crippen MR) is 68.2 cm³/mol. The van der Waals surface area contributed by atoms with Crippen LogP contribution in [0.4, 0.5) is 8.78 Å². The summed E-state index contributed by atoms with van der Waals surface area (Å²) in [5.74, 6) is -1.55. The lowest BCUT2D eigenvalue weighted by Crippen LogP contribution is -2.27. The fourth-order valence-corrected chi connectivity index (χ4v) is 2.34. The third kappa shape index (κ3) is 2.70. The van der Waals surface area contributed by atoms with E-state index in [1.54, 1.807) is 31.3 Å². The molecule has 1 heterocycles. The molecule has 0 amide bonds. The van der Waals surface area contributed by atoms with Crippen molar-refractivity contribution >= 4 is 28.8 Å². The number of carbonyl (C=O) groups excluding carboxylic acids is 1. The van der Waals surface area contributed by atoms with E-state index in [1.165, 1.54) is 11.5 Å². The van der Waals surface area contributed by atoms with Crippen LogP contribution in [0.3, 0.4) is 0 Å². The summed E-state index contributed by atoms with van der Waals surface area (Å²) in [6, 6.07) is 7.06. The molecule has 102 valence electrons. The van der Waals surface area contributed by atoms with E-state index in [4.69, 9.17) is 0 Å². The first-order valence-electron chi connectivity index (χ1n) is 5.61. The standard InChI is InChI=1S/C12H12F2N2O2S/c1-3-18-10(17)12(13,14)19-11-15-8-6-4-5-7-9(8)16(11)2/h4-7H,3H2,1-2H3. The van der Waals surface area contributed by atoms with Crippen molar-refractivity contribution in [2.45, 2.75) is 17.3 Å². The quantitative estimate of drug-likeness (QED) is 0.640. The number of para-hydroxylation sites is 2. The molecule has 0 saturated carbocycles. The molecule has 0 spiro atoms. The molecule has 1 aromatic carbocycles. The highest BCUT2D eigenvalue weighted by Gasteiger charge is 2.43. The lowest BCUT2D eigenvalue weighted by Gasteiger charge is -2.13. The maximum Gasteiger partial charge on any atom is 0.395 e. The van der Waals surface area contributed by atoms with Crippen molar-refractivity contribution in [2.75, 3.05) is 6.61 Å². The summed E-state index contributed by atoms with van der Waals surface area (Å²) in [6.45, 7) is 1.39. The summed E-state index contributed by atoms with van der Waals surface area (Å²) >= 11 is 0.0903. The monoisotopic (exact) mass is 286 g/mol. The van der Waals surface area contributed by atoms with Crippen molar-refractivity contribution in [2.24, 2.45) is 7.05 Å². The lowest BCUT2D eigenvalue weighted by atomic mass is 10.3. The molecule has 0 unspecified atom stereocenters. The molecule has 0 radical (unpaired) electrons. The highest BCUT2D eigenvalue weighted by Crippen LogP contribution is 2.37. The minimum atomic E-state index is -3.65. The summed E-state index contributed by atoms with van der Waals surface area (Å²) in [6.07, 6.45) is 0. The number of halogens is 2. The Bertz CT molecular complexity index is 613. The van der Waals surface area contributed by atoms with Crippen molar-refractivity contribution in [1.82, 2.24) is 9.55 Å². The number of rotatable bonds is 4. The van der Waals surface area contributed by atoms with Gasteiger partial charge in [0.2, 0.25) is 0 Å².